The van der Waals surface area contributed by atoms with Crippen LogP contribution in [-0.4, -0.2) is 71.8 Å². The van der Waals surface area contributed by atoms with Gasteiger partial charge in [0.05, 0.1) is 38.4 Å². The highest BCUT2D eigenvalue weighted by atomic mass is 19.1. The Hall–Kier alpha value is -2.85. The van der Waals surface area contributed by atoms with Crippen LogP contribution in [0.25, 0.3) is 0 Å². The topological polar surface area (TPSA) is 85.1 Å². The number of hydrogen-bond donors (Lipinski definition) is 0. The maximum atomic E-state index is 13.9. The Balaban J connectivity index is 1.46. The van der Waals surface area contributed by atoms with Crippen LogP contribution in [0.1, 0.15) is 21.8 Å². The molecule has 1 unspecified atom stereocenters. The molecule has 2 amide bonds. The highest BCUT2D eigenvalue weighted by Crippen LogP contribution is 2.27. The fourth-order valence-corrected chi connectivity index (χ4v) is 3.70. The van der Waals surface area contributed by atoms with Crippen molar-refractivity contribution in [2.45, 2.75) is 19.1 Å². The quantitative estimate of drug-likeness (QED) is 0.748. The summed E-state index contributed by atoms with van der Waals surface area (Å²) in [5.41, 5.74) is 0.207. The molecule has 0 bridgehead atoms. The molecule has 1 aromatic carbocycles. The van der Waals surface area contributed by atoms with Gasteiger partial charge in [0.1, 0.15) is 11.6 Å². The van der Waals surface area contributed by atoms with Gasteiger partial charge in [0, 0.05) is 18.7 Å². The lowest BCUT2D eigenvalue weighted by atomic mass is 10.1. The van der Waals surface area contributed by atoms with Gasteiger partial charge < -0.3 is 23.7 Å². The van der Waals surface area contributed by atoms with Gasteiger partial charge in [-0.15, -0.1) is 0 Å². The Morgan fingerprint density at radius 1 is 1.10 bits per heavy atom. The first-order valence-corrected chi connectivity index (χ1v) is 9.56. The predicted octanol–water partition coefficient (Wildman–Crippen LogP) is 1.53. The number of oxazole rings is 1. The largest absolute Gasteiger partial charge is 0.438 e. The van der Waals surface area contributed by atoms with E-state index in [-0.39, 0.29) is 50.1 Å². The van der Waals surface area contributed by atoms with Crippen molar-refractivity contribution in [2.75, 3.05) is 39.4 Å². The van der Waals surface area contributed by atoms with E-state index in [2.05, 4.69) is 4.98 Å². The second-order valence-corrected chi connectivity index (χ2v) is 7.29. The van der Waals surface area contributed by atoms with Crippen LogP contribution in [0.5, 0.6) is 0 Å². The second-order valence-electron chi connectivity index (χ2n) is 7.29. The molecule has 2 aliphatic rings. The number of morpholine rings is 2. The van der Waals surface area contributed by atoms with Crippen molar-refractivity contribution in [3.8, 4) is 0 Å². The fraction of sp³-hybridized carbons (Fsp3) is 0.450. The van der Waals surface area contributed by atoms with Crippen molar-refractivity contribution in [1.82, 2.24) is 14.8 Å². The van der Waals surface area contributed by atoms with E-state index in [9.17, 15) is 18.4 Å². The molecule has 10 heteroatoms. The summed E-state index contributed by atoms with van der Waals surface area (Å²) >= 11 is 0. The molecule has 0 saturated carbocycles. The number of nitrogens with zero attached hydrogens (tertiary/aromatic N) is 3. The summed E-state index contributed by atoms with van der Waals surface area (Å²) in [7, 11) is 0. The molecular formula is C20H21F2N3O5. The molecule has 2 aromatic rings. The lowest BCUT2D eigenvalue weighted by Gasteiger charge is -2.47. The molecule has 2 aliphatic heterocycles. The van der Waals surface area contributed by atoms with Crippen LogP contribution in [-0.2, 0) is 20.7 Å². The lowest BCUT2D eigenvalue weighted by Crippen LogP contribution is -2.63. The number of aromatic nitrogens is 1. The van der Waals surface area contributed by atoms with Crippen LogP contribution in [0, 0.1) is 18.6 Å². The molecule has 0 radical (unpaired) electrons. The molecular weight excluding hydrogens is 400 g/mol. The van der Waals surface area contributed by atoms with Crippen LogP contribution in [0.3, 0.4) is 0 Å². The summed E-state index contributed by atoms with van der Waals surface area (Å²) in [6.45, 7) is 2.78. The van der Waals surface area contributed by atoms with Crippen LogP contribution >= 0.6 is 0 Å². The zero-order valence-electron chi connectivity index (χ0n) is 16.4. The lowest BCUT2D eigenvalue weighted by molar-refractivity contribution is -0.284. The highest BCUT2D eigenvalue weighted by Gasteiger charge is 2.45. The molecule has 0 aliphatic carbocycles. The van der Waals surface area contributed by atoms with E-state index >= 15 is 0 Å². The Morgan fingerprint density at radius 2 is 1.73 bits per heavy atom. The average molecular weight is 421 g/mol. The number of carbonyl (C=O) groups is 2. The maximum Gasteiger partial charge on any atom is 0.291 e. The first-order valence-electron chi connectivity index (χ1n) is 9.56. The molecule has 2 saturated heterocycles. The van der Waals surface area contributed by atoms with Gasteiger partial charge in [-0.2, -0.15) is 0 Å². The number of amides is 2. The van der Waals surface area contributed by atoms with Crippen LogP contribution in [0.2, 0.25) is 0 Å². The summed E-state index contributed by atoms with van der Waals surface area (Å²) in [6.07, 6.45) is 0.798. The number of benzene rings is 1. The number of ether oxygens (including phenoxy) is 2. The summed E-state index contributed by atoms with van der Waals surface area (Å²) < 4.78 is 44.6. The van der Waals surface area contributed by atoms with E-state index < -0.39 is 29.7 Å². The monoisotopic (exact) mass is 421 g/mol. The molecule has 0 N–H and O–H groups in total. The first kappa shape index (κ1) is 20.4. The van der Waals surface area contributed by atoms with E-state index in [1.54, 1.807) is 6.92 Å². The van der Waals surface area contributed by atoms with Gasteiger partial charge in [-0.3, -0.25) is 9.59 Å². The van der Waals surface area contributed by atoms with Crippen LogP contribution in [0.15, 0.2) is 29.0 Å². The molecule has 1 atom stereocenters. The van der Waals surface area contributed by atoms with Crippen molar-refractivity contribution in [3.63, 3.8) is 0 Å². The number of rotatable bonds is 3. The number of carbonyl (C=O) groups excluding carboxylic acids is 2. The Morgan fingerprint density at radius 3 is 2.37 bits per heavy atom. The van der Waals surface area contributed by atoms with E-state index in [1.165, 1.54) is 22.3 Å². The molecule has 4 rings (SSSR count). The molecule has 8 nitrogen and oxygen atoms in total. The van der Waals surface area contributed by atoms with Gasteiger partial charge in [0.2, 0.25) is 17.5 Å². The van der Waals surface area contributed by atoms with E-state index in [1.807, 2.05) is 0 Å². The van der Waals surface area contributed by atoms with E-state index in [0.29, 0.717) is 12.2 Å². The smallest absolute Gasteiger partial charge is 0.291 e. The van der Waals surface area contributed by atoms with Gasteiger partial charge in [0.15, 0.2) is 6.39 Å². The van der Waals surface area contributed by atoms with Crippen LogP contribution in [0.4, 0.5) is 8.78 Å². The molecule has 1 spiro atoms. The average Bonchev–Trinajstić information content (AvgIpc) is 3.16. The normalized spacial score (nSPS) is 21.8. The summed E-state index contributed by atoms with van der Waals surface area (Å²) in [5, 5.41) is 0. The third-order valence-electron chi connectivity index (χ3n) is 5.29. The summed E-state index contributed by atoms with van der Waals surface area (Å²) in [4.78, 5) is 32.4. The minimum Gasteiger partial charge on any atom is -0.438 e. The van der Waals surface area contributed by atoms with E-state index in [0.717, 1.165) is 12.1 Å². The Kier molecular flexibility index (Phi) is 5.52. The highest BCUT2D eigenvalue weighted by molar-refractivity contribution is 5.92. The third-order valence-corrected chi connectivity index (χ3v) is 5.29. The van der Waals surface area contributed by atoms with Crippen molar-refractivity contribution in [1.29, 1.82) is 0 Å². The number of halogens is 2. The fourth-order valence-electron chi connectivity index (χ4n) is 3.70. The summed E-state index contributed by atoms with van der Waals surface area (Å²) in [5.74, 6) is -3.37. The Bertz CT molecular complexity index is 941. The van der Waals surface area contributed by atoms with Gasteiger partial charge in [-0.05, 0) is 19.1 Å². The molecule has 30 heavy (non-hydrogen) atoms. The minimum atomic E-state index is -1.20. The summed E-state index contributed by atoms with van der Waals surface area (Å²) in [6, 6.07) is 3.48. The maximum absolute atomic E-state index is 13.9. The minimum absolute atomic E-state index is 0.0427. The zero-order chi connectivity index (χ0) is 21.3. The van der Waals surface area contributed by atoms with Crippen LogP contribution < -0.4 is 0 Å². The predicted molar refractivity (Wildman–Crippen MR) is 98.4 cm³/mol. The van der Waals surface area contributed by atoms with E-state index in [4.69, 9.17) is 13.9 Å². The number of hydrogen-bond acceptors (Lipinski definition) is 6. The van der Waals surface area contributed by atoms with Crippen molar-refractivity contribution >= 4 is 11.8 Å². The zero-order valence-corrected chi connectivity index (χ0v) is 16.4. The van der Waals surface area contributed by atoms with Gasteiger partial charge in [0.25, 0.3) is 5.91 Å². The second kappa shape index (κ2) is 8.11. The first-order chi connectivity index (χ1) is 14.4. The van der Waals surface area contributed by atoms with Crippen molar-refractivity contribution < 1.29 is 32.3 Å². The molecule has 3 heterocycles. The SMILES string of the molecule is Cc1ncoc1C(=O)N1CCOC2(CN(C(=O)Cc3c(F)cccc3F)CCO2)C1. The van der Waals surface area contributed by atoms with Gasteiger partial charge >= 0.3 is 0 Å². The standard InChI is InChI=1S/C20H21F2N3O5/c1-13-18(28-12-23-13)19(27)25-6-8-30-20(11-25)10-24(5-7-29-20)17(26)9-14-15(21)3-2-4-16(14)22/h2-4,12H,5-11H2,1H3. The van der Waals surface area contributed by atoms with Gasteiger partial charge in [-0.25, -0.2) is 13.8 Å². The molecule has 2 fully saturated rings. The van der Waals surface area contributed by atoms with Crippen molar-refractivity contribution in [2.24, 2.45) is 0 Å². The number of aryl methyl sites for hydroxylation is 1. The third kappa shape index (κ3) is 3.92. The molecule has 160 valence electrons. The van der Waals surface area contributed by atoms with Gasteiger partial charge in [-0.1, -0.05) is 6.07 Å². The van der Waals surface area contributed by atoms with Crippen molar-refractivity contribution in [3.05, 3.63) is 53.2 Å². The Labute approximate surface area is 171 Å². The molecule has 1 aromatic heterocycles.